The molecule has 0 saturated heterocycles. The number of allylic oxidation sites excluding steroid dienone is 4. The van der Waals surface area contributed by atoms with Crippen LogP contribution in [-0.4, -0.2) is 8.07 Å². The lowest BCUT2D eigenvalue weighted by molar-refractivity contribution is 0.588. The number of hydrogen-bond donors (Lipinski definition) is 0. The predicted molar refractivity (Wildman–Crippen MR) is 188 cm³/mol. The largest absolute Gasteiger partial charge is 0.135 e. The highest BCUT2D eigenvalue weighted by Crippen LogP contribution is 2.48. The highest BCUT2D eigenvalue weighted by atomic mass is 28.3. The topological polar surface area (TPSA) is 0 Å². The lowest BCUT2D eigenvalue weighted by atomic mass is 9.84. The molecule has 1 heteroatoms. The van der Waals surface area contributed by atoms with Crippen LogP contribution in [0.4, 0.5) is 0 Å². The summed E-state index contributed by atoms with van der Waals surface area (Å²) in [6.45, 7) is 18.4. The van der Waals surface area contributed by atoms with Gasteiger partial charge in [0.05, 0.1) is 0 Å². The minimum absolute atomic E-state index is 0.00900. The Bertz CT molecular complexity index is 1690. The average molecular weight is 575 g/mol. The molecule has 1 aliphatic rings. The fraction of sp³-hybridized carbons (Fsp3) is 0.238. The first-order chi connectivity index (χ1) is 20.4. The fourth-order valence-electron chi connectivity index (χ4n) is 5.98. The lowest BCUT2D eigenvalue weighted by Gasteiger charge is -2.21. The SMILES string of the molecule is CC(C)(C)c1ccccc1C#CC1=C(c2ccccc2)C(c2ccccc2)=C(C#Cc2ccccc2C(C)(C)C)[Si]1(C)C. The molecule has 1 aliphatic heterocycles. The Morgan fingerprint density at radius 3 is 1.09 bits per heavy atom. The number of benzene rings is 4. The molecule has 0 unspecified atom stereocenters. The zero-order chi connectivity index (χ0) is 30.8. The van der Waals surface area contributed by atoms with Crippen LogP contribution in [0, 0.1) is 23.7 Å². The highest BCUT2D eigenvalue weighted by molar-refractivity contribution is 6.96. The second-order valence-electron chi connectivity index (χ2n) is 13.9. The van der Waals surface area contributed by atoms with Gasteiger partial charge in [-0.05, 0) is 56.4 Å². The van der Waals surface area contributed by atoms with E-state index in [1.165, 1.54) is 43.8 Å². The molecule has 0 nitrogen and oxygen atoms in total. The van der Waals surface area contributed by atoms with Crippen molar-refractivity contribution in [2.45, 2.75) is 65.5 Å². The first-order valence-electron chi connectivity index (χ1n) is 15.2. The van der Waals surface area contributed by atoms with Crippen molar-refractivity contribution in [3.63, 3.8) is 0 Å². The molecule has 5 rings (SSSR count). The van der Waals surface area contributed by atoms with Crippen molar-refractivity contribution < 1.29 is 0 Å². The van der Waals surface area contributed by atoms with Gasteiger partial charge in [0.25, 0.3) is 0 Å². The predicted octanol–water partition coefficient (Wildman–Crippen LogP) is 10.4. The van der Waals surface area contributed by atoms with Crippen molar-refractivity contribution >= 4 is 19.2 Å². The van der Waals surface area contributed by atoms with E-state index in [1.54, 1.807) is 0 Å². The summed E-state index contributed by atoms with van der Waals surface area (Å²) in [4.78, 5) is 0. The Morgan fingerprint density at radius 2 is 0.744 bits per heavy atom. The maximum atomic E-state index is 3.79. The van der Waals surface area contributed by atoms with Crippen LogP contribution in [0.2, 0.25) is 13.1 Å². The van der Waals surface area contributed by atoms with E-state index in [1.807, 2.05) is 0 Å². The first-order valence-corrected chi connectivity index (χ1v) is 18.2. The van der Waals surface area contributed by atoms with E-state index in [2.05, 4.69) is 188 Å². The molecule has 0 spiro atoms. The molecule has 1 heterocycles. The van der Waals surface area contributed by atoms with Crippen LogP contribution in [0.3, 0.4) is 0 Å². The van der Waals surface area contributed by atoms with Crippen LogP contribution < -0.4 is 0 Å². The molecular formula is C42H42Si. The zero-order valence-electron chi connectivity index (χ0n) is 26.9. The molecule has 43 heavy (non-hydrogen) atoms. The average Bonchev–Trinajstić information content (AvgIpc) is 3.20. The van der Waals surface area contributed by atoms with Gasteiger partial charge in [-0.25, -0.2) is 0 Å². The Hall–Kier alpha value is -4.30. The first kappa shape index (κ1) is 30.2. The molecule has 214 valence electrons. The van der Waals surface area contributed by atoms with E-state index in [4.69, 9.17) is 0 Å². The molecule has 0 saturated carbocycles. The summed E-state index contributed by atoms with van der Waals surface area (Å²) in [6, 6.07) is 38.7. The van der Waals surface area contributed by atoms with Gasteiger partial charge in [-0.3, -0.25) is 0 Å². The van der Waals surface area contributed by atoms with E-state index in [9.17, 15) is 0 Å². The third-order valence-electron chi connectivity index (χ3n) is 8.24. The van der Waals surface area contributed by atoms with Crippen molar-refractivity contribution in [1.82, 2.24) is 0 Å². The van der Waals surface area contributed by atoms with Crippen molar-refractivity contribution in [2.75, 3.05) is 0 Å². The van der Waals surface area contributed by atoms with Crippen LogP contribution in [-0.2, 0) is 10.8 Å². The maximum Gasteiger partial charge on any atom is 0.135 e. The summed E-state index contributed by atoms with van der Waals surface area (Å²) in [6.07, 6.45) is 0. The summed E-state index contributed by atoms with van der Waals surface area (Å²) in [5.74, 6) is 14.9. The Kier molecular flexibility index (Phi) is 8.25. The second-order valence-corrected chi connectivity index (χ2v) is 18.2. The van der Waals surface area contributed by atoms with Gasteiger partial charge >= 0.3 is 0 Å². The molecule has 0 N–H and O–H groups in total. The van der Waals surface area contributed by atoms with Crippen LogP contribution in [0.1, 0.15) is 74.9 Å². The van der Waals surface area contributed by atoms with Crippen LogP contribution in [0.25, 0.3) is 11.1 Å². The van der Waals surface area contributed by atoms with E-state index >= 15 is 0 Å². The van der Waals surface area contributed by atoms with Gasteiger partial charge in [-0.1, -0.05) is 175 Å². The molecule has 0 radical (unpaired) electrons. The molecular weight excluding hydrogens is 533 g/mol. The van der Waals surface area contributed by atoms with Gasteiger partial charge < -0.3 is 0 Å². The van der Waals surface area contributed by atoms with Gasteiger partial charge in [0, 0.05) is 21.5 Å². The highest BCUT2D eigenvalue weighted by Gasteiger charge is 2.42. The van der Waals surface area contributed by atoms with E-state index in [-0.39, 0.29) is 10.8 Å². The molecule has 0 fully saturated rings. The van der Waals surface area contributed by atoms with E-state index in [0.717, 1.165) is 11.1 Å². The summed E-state index contributed by atoms with van der Waals surface area (Å²) in [5.41, 5.74) is 9.62. The number of rotatable bonds is 2. The maximum absolute atomic E-state index is 3.79. The van der Waals surface area contributed by atoms with Crippen LogP contribution in [0.5, 0.6) is 0 Å². The van der Waals surface area contributed by atoms with Crippen molar-refractivity contribution in [2.24, 2.45) is 0 Å². The monoisotopic (exact) mass is 574 g/mol. The molecule has 0 bridgehead atoms. The van der Waals surface area contributed by atoms with Crippen molar-refractivity contribution in [1.29, 1.82) is 0 Å². The standard InChI is InChI=1S/C42H42Si/c1-41(2,3)35-25-17-15-19-31(35)27-29-37-39(33-21-11-9-12-22-33)40(34-23-13-10-14-24-34)38(43(37,7)8)30-28-32-20-16-18-26-36(32)42(4,5)6/h9-26H,1-8H3. The lowest BCUT2D eigenvalue weighted by Crippen LogP contribution is -2.29. The minimum atomic E-state index is -2.31. The third kappa shape index (κ3) is 6.25. The van der Waals surface area contributed by atoms with E-state index < -0.39 is 8.07 Å². The van der Waals surface area contributed by atoms with Crippen LogP contribution in [0.15, 0.2) is 120 Å². The van der Waals surface area contributed by atoms with Gasteiger partial charge in [-0.2, -0.15) is 0 Å². The Balaban J connectivity index is 1.80. The third-order valence-corrected chi connectivity index (χ3v) is 11.5. The smallest absolute Gasteiger partial charge is 0.0696 e. The fourth-order valence-corrected chi connectivity index (χ4v) is 8.77. The number of hydrogen-bond acceptors (Lipinski definition) is 0. The second kappa shape index (κ2) is 11.8. The normalized spacial score (nSPS) is 14.6. The molecule has 0 aromatic heterocycles. The summed E-state index contributed by atoms with van der Waals surface area (Å²) in [7, 11) is -2.31. The molecule has 0 atom stereocenters. The quantitative estimate of drug-likeness (QED) is 0.165. The molecule has 4 aromatic rings. The summed E-state index contributed by atoms with van der Waals surface area (Å²) in [5, 5.41) is 2.49. The van der Waals surface area contributed by atoms with Gasteiger partial charge in [0.2, 0.25) is 0 Å². The molecule has 4 aromatic carbocycles. The van der Waals surface area contributed by atoms with Gasteiger partial charge in [-0.15, -0.1) is 0 Å². The summed E-state index contributed by atoms with van der Waals surface area (Å²) < 4.78 is 0. The van der Waals surface area contributed by atoms with Gasteiger partial charge in [0.15, 0.2) is 0 Å². The van der Waals surface area contributed by atoms with Crippen molar-refractivity contribution in [3.05, 3.63) is 153 Å². The van der Waals surface area contributed by atoms with Gasteiger partial charge in [0.1, 0.15) is 8.07 Å². The minimum Gasteiger partial charge on any atom is -0.0696 e. The molecule has 0 amide bonds. The summed E-state index contributed by atoms with van der Waals surface area (Å²) >= 11 is 0. The molecule has 0 aliphatic carbocycles. The van der Waals surface area contributed by atoms with Crippen molar-refractivity contribution in [3.8, 4) is 23.7 Å². The van der Waals surface area contributed by atoms with E-state index in [0.29, 0.717) is 0 Å². The zero-order valence-corrected chi connectivity index (χ0v) is 27.9. The Labute approximate surface area is 260 Å². The van der Waals surface area contributed by atoms with Crippen LogP contribution >= 0.6 is 0 Å². The Morgan fingerprint density at radius 1 is 0.419 bits per heavy atom.